The first-order valence-corrected chi connectivity index (χ1v) is 8.99. The van der Waals surface area contributed by atoms with Crippen molar-refractivity contribution in [2.75, 3.05) is 32.1 Å². The van der Waals surface area contributed by atoms with Crippen molar-refractivity contribution in [3.05, 3.63) is 29.8 Å². The quantitative estimate of drug-likeness (QED) is 0.784. The molecule has 26 heavy (non-hydrogen) atoms. The number of carbonyl (C=O) groups is 1. The summed E-state index contributed by atoms with van der Waals surface area (Å²) in [6.45, 7) is 4.89. The maximum absolute atomic E-state index is 11.8. The van der Waals surface area contributed by atoms with E-state index in [-0.39, 0.29) is 17.1 Å². The van der Waals surface area contributed by atoms with E-state index in [2.05, 4.69) is 22.3 Å². The summed E-state index contributed by atoms with van der Waals surface area (Å²) in [5, 5.41) is 16.8. The Hall–Kier alpha value is -2.54. The Morgan fingerprint density at radius 2 is 2.15 bits per heavy atom. The van der Waals surface area contributed by atoms with E-state index in [1.54, 1.807) is 31.4 Å². The molecule has 1 saturated heterocycles. The van der Waals surface area contributed by atoms with Gasteiger partial charge in [-0.05, 0) is 50.2 Å². The number of carboxylic acid groups (broad SMARTS) is 1. The number of hydrogen-bond donors (Lipinski definition) is 2. The molecule has 0 aliphatic carbocycles. The summed E-state index contributed by atoms with van der Waals surface area (Å²) in [7, 11) is 1.58. The first-order valence-electron chi connectivity index (χ1n) is 8.99. The van der Waals surface area contributed by atoms with Crippen molar-refractivity contribution in [3.63, 3.8) is 0 Å². The van der Waals surface area contributed by atoms with Gasteiger partial charge in [-0.3, -0.25) is 4.90 Å². The number of carboxylic acids is 1. The molecule has 0 spiro atoms. The fraction of sp³-hybridized carbons (Fsp3) is 0.474. The molecule has 2 heterocycles. The van der Waals surface area contributed by atoms with Gasteiger partial charge in [0, 0.05) is 18.2 Å². The Morgan fingerprint density at radius 1 is 1.38 bits per heavy atom. The highest BCUT2D eigenvalue weighted by Gasteiger charge is 2.26. The third-order valence-corrected chi connectivity index (χ3v) is 4.92. The average molecular weight is 359 g/mol. The number of ether oxygens (including phenoxy) is 1. The molecule has 140 valence electrons. The lowest BCUT2D eigenvalue weighted by Crippen LogP contribution is -2.43. The largest absolute Gasteiger partial charge is 0.497 e. The zero-order valence-electron chi connectivity index (χ0n) is 15.2. The molecule has 1 aromatic heterocycles. The van der Waals surface area contributed by atoms with Crippen LogP contribution in [0.2, 0.25) is 0 Å². The fourth-order valence-corrected chi connectivity index (χ4v) is 3.47. The van der Waals surface area contributed by atoms with E-state index in [9.17, 15) is 9.90 Å². The van der Waals surface area contributed by atoms with Crippen LogP contribution in [0, 0.1) is 0 Å². The number of methoxy groups -OCH3 is 1. The van der Waals surface area contributed by atoms with Crippen LogP contribution in [0.3, 0.4) is 0 Å². The lowest BCUT2D eigenvalue weighted by Gasteiger charge is -2.34. The molecule has 7 nitrogen and oxygen atoms in total. The molecule has 3 rings (SSSR count). The standard InChI is InChI=1S/C19H25N3O4/c1-3-22-11-5-4-6-14(22)12-20-18-16(19(23)24)17(26-21-18)13-7-9-15(25-2)10-8-13/h7-10,14H,3-6,11-12H2,1-2H3,(H,20,21)(H,23,24). The highest BCUT2D eigenvalue weighted by Crippen LogP contribution is 2.31. The van der Waals surface area contributed by atoms with Crippen LogP contribution in [-0.4, -0.2) is 53.9 Å². The van der Waals surface area contributed by atoms with E-state index >= 15 is 0 Å². The number of nitrogens with one attached hydrogen (secondary N) is 1. The van der Waals surface area contributed by atoms with Crippen LogP contribution in [-0.2, 0) is 0 Å². The number of likely N-dealkylation sites (tertiary alicyclic amines) is 1. The van der Waals surface area contributed by atoms with Crippen LogP contribution in [0.4, 0.5) is 5.82 Å². The normalized spacial score (nSPS) is 17.8. The van der Waals surface area contributed by atoms with Crippen molar-refractivity contribution in [1.29, 1.82) is 0 Å². The van der Waals surface area contributed by atoms with E-state index in [0.717, 1.165) is 19.5 Å². The maximum atomic E-state index is 11.8. The number of rotatable bonds is 7. The van der Waals surface area contributed by atoms with Gasteiger partial charge in [-0.1, -0.05) is 18.5 Å². The minimum Gasteiger partial charge on any atom is -0.497 e. The van der Waals surface area contributed by atoms with Crippen LogP contribution in [0.15, 0.2) is 28.8 Å². The van der Waals surface area contributed by atoms with Crippen LogP contribution in [0.25, 0.3) is 11.3 Å². The van der Waals surface area contributed by atoms with Crippen LogP contribution >= 0.6 is 0 Å². The number of piperidine rings is 1. The minimum atomic E-state index is -1.06. The Bertz CT molecular complexity index is 742. The SMILES string of the molecule is CCN1CCCCC1CNc1noc(-c2ccc(OC)cc2)c1C(=O)O. The Balaban J connectivity index is 1.79. The van der Waals surface area contributed by atoms with Crippen LogP contribution < -0.4 is 10.1 Å². The average Bonchev–Trinajstić information content (AvgIpc) is 3.11. The summed E-state index contributed by atoms with van der Waals surface area (Å²) in [6, 6.07) is 7.43. The summed E-state index contributed by atoms with van der Waals surface area (Å²) in [5.41, 5.74) is 0.714. The third kappa shape index (κ3) is 3.83. The third-order valence-electron chi connectivity index (χ3n) is 4.92. The number of nitrogens with zero attached hydrogens (tertiary/aromatic N) is 2. The molecular formula is C19H25N3O4. The summed E-state index contributed by atoms with van der Waals surface area (Å²) >= 11 is 0. The zero-order chi connectivity index (χ0) is 18.5. The number of aromatic nitrogens is 1. The summed E-state index contributed by atoms with van der Waals surface area (Å²) < 4.78 is 10.5. The molecule has 1 unspecified atom stereocenters. The summed E-state index contributed by atoms with van der Waals surface area (Å²) in [5.74, 6) is 0.166. The second-order valence-corrected chi connectivity index (χ2v) is 6.43. The molecule has 1 atom stereocenters. The van der Waals surface area contributed by atoms with Gasteiger partial charge in [0.1, 0.15) is 5.75 Å². The summed E-state index contributed by atoms with van der Waals surface area (Å²) in [6.07, 6.45) is 3.52. The van der Waals surface area contributed by atoms with Gasteiger partial charge in [0.25, 0.3) is 0 Å². The Morgan fingerprint density at radius 3 is 2.81 bits per heavy atom. The van der Waals surface area contributed by atoms with E-state index in [4.69, 9.17) is 9.26 Å². The molecule has 1 aromatic carbocycles. The van der Waals surface area contributed by atoms with Crippen LogP contribution in [0.5, 0.6) is 5.75 Å². The van der Waals surface area contributed by atoms with E-state index in [1.165, 1.54) is 12.8 Å². The second-order valence-electron chi connectivity index (χ2n) is 6.43. The van der Waals surface area contributed by atoms with Gasteiger partial charge >= 0.3 is 5.97 Å². The van der Waals surface area contributed by atoms with Crippen molar-refractivity contribution < 1.29 is 19.2 Å². The van der Waals surface area contributed by atoms with Gasteiger partial charge in [0.05, 0.1) is 7.11 Å². The molecule has 1 aliphatic heterocycles. The first kappa shape index (κ1) is 18.3. The maximum Gasteiger partial charge on any atom is 0.343 e. The van der Waals surface area contributed by atoms with Crippen LogP contribution in [0.1, 0.15) is 36.5 Å². The van der Waals surface area contributed by atoms with Gasteiger partial charge < -0.3 is 19.7 Å². The van der Waals surface area contributed by atoms with Gasteiger partial charge in [0.2, 0.25) is 0 Å². The molecule has 2 aromatic rings. The first-order chi connectivity index (χ1) is 12.6. The van der Waals surface area contributed by atoms with Gasteiger partial charge in [0.15, 0.2) is 17.1 Å². The van der Waals surface area contributed by atoms with Gasteiger partial charge in [-0.25, -0.2) is 4.79 Å². The molecule has 0 saturated carbocycles. The van der Waals surface area contributed by atoms with Crippen molar-refractivity contribution in [2.24, 2.45) is 0 Å². The molecular weight excluding hydrogens is 334 g/mol. The lowest BCUT2D eigenvalue weighted by molar-refractivity contribution is 0.0698. The zero-order valence-corrected chi connectivity index (χ0v) is 15.2. The Kier molecular flexibility index (Phi) is 5.78. The van der Waals surface area contributed by atoms with E-state index in [0.29, 0.717) is 23.9 Å². The second kappa shape index (κ2) is 8.23. The molecule has 7 heteroatoms. The molecule has 0 bridgehead atoms. The predicted molar refractivity (Wildman–Crippen MR) is 98.8 cm³/mol. The van der Waals surface area contributed by atoms with Gasteiger partial charge in [-0.2, -0.15) is 0 Å². The molecule has 1 fully saturated rings. The lowest BCUT2D eigenvalue weighted by atomic mass is 10.0. The topological polar surface area (TPSA) is 87.8 Å². The number of hydrogen-bond acceptors (Lipinski definition) is 6. The number of aromatic carboxylic acids is 1. The smallest absolute Gasteiger partial charge is 0.343 e. The highest BCUT2D eigenvalue weighted by molar-refractivity contribution is 5.99. The molecule has 2 N–H and O–H groups in total. The number of benzene rings is 1. The molecule has 0 radical (unpaired) electrons. The predicted octanol–water partition coefficient (Wildman–Crippen LogP) is 3.33. The van der Waals surface area contributed by atoms with Crippen molar-refractivity contribution >= 4 is 11.8 Å². The van der Waals surface area contributed by atoms with Crippen molar-refractivity contribution in [3.8, 4) is 17.1 Å². The number of likely N-dealkylation sites (N-methyl/N-ethyl adjacent to an activating group) is 1. The van der Waals surface area contributed by atoms with Crippen molar-refractivity contribution in [2.45, 2.75) is 32.2 Å². The molecule has 0 amide bonds. The number of anilines is 1. The Labute approximate surface area is 152 Å². The van der Waals surface area contributed by atoms with E-state index in [1.807, 2.05) is 0 Å². The van der Waals surface area contributed by atoms with E-state index < -0.39 is 5.97 Å². The highest BCUT2D eigenvalue weighted by atomic mass is 16.5. The molecule has 1 aliphatic rings. The summed E-state index contributed by atoms with van der Waals surface area (Å²) in [4.78, 5) is 14.2. The van der Waals surface area contributed by atoms with Crippen molar-refractivity contribution in [1.82, 2.24) is 10.1 Å². The monoisotopic (exact) mass is 359 g/mol. The fourth-order valence-electron chi connectivity index (χ4n) is 3.47. The minimum absolute atomic E-state index is 0.0639. The van der Waals surface area contributed by atoms with Gasteiger partial charge in [-0.15, -0.1) is 0 Å².